The summed E-state index contributed by atoms with van der Waals surface area (Å²) in [4.78, 5) is 17.0. The van der Waals surface area contributed by atoms with E-state index in [0.29, 0.717) is 43.1 Å². The molecule has 29 heavy (non-hydrogen) atoms. The zero-order chi connectivity index (χ0) is 21.0. The van der Waals surface area contributed by atoms with Crippen LogP contribution in [-0.4, -0.2) is 94.5 Å². The fraction of sp³-hybridized carbons (Fsp3) is 0.632. The number of benzene rings is 1. The van der Waals surface area contributed by atoms with Crippen molar-refractivity contribution in [1.29, 1.82) is 0 Å². The quantitative estimate of drug-likeness (QED) is 0.712. The Bertz CT molecular complexity index is 821. The highest BCUT2D eigenvalue weighted by Gasteiger charge is 2.27. The number of ether oxygens (including phenoxy) is 1. The number of rotatable bonds is 6. The van der Waals surface area contributed by atoms with Crippen molar-refractivity contribution in [3.63, 3.8) is 0 Å². The zero-order valence-corrected chi connectivity index (χ0v) is 18.5. The maximum Gasteiger partial charge on any atom is 0.243 e. The lowest BCUT2D eigenvalue weighted by molar-refractivity contribution is -0.117. The highest BCUT2D eigenvalue weighted by atomic mass is 35.5. The fourth-order valence-electron chi connectivity index (χ4n) is 3.68. The Morgan fingerprint density at radius 2 is 1.90 bits per heavy atom. The van der Waals surface area contributed by atoms with E-state index in [1.54, 1.807) is 0 Å². The Kier molecular flexibility index (Phi) is 7.53. The van der Waals surface area contributed by atoms with Gasteiger partial charge in [-0.05, 0) is 58.2 Å². The topological polar surface area (TPSA) is 82.2 Å². The molecule has 2 saturated heterocycles. The predicted molar refractivity (Wildman–Crippen MR) is 113 cm³/mol. The minimum Gasteiger partial charge on any atom is -0.379 e. The molecule has 3 rings (SSSR count). The summed E-state index contributed by atoms with van der Waals surface area (Å²) in [5.41, 5.74) is 0.308. The Labute approximate surface area is 177 Å². The van der Waals surface area contributed by atoms with Gasteiger partial charge in [0.05, 0.1) is 35.4 Å². The van der Waals surface area contributed by atoms with Crippen molar-refractivity contribution in [2.75, 3.05) is 65.3 Å². The van der Waals surface area contributed by atoms with Crippen LogP contribution < -0.4 is 5.32 Å². The maximum atomic E-state index is 12.8. The van der Waals surface area contributed by atoms with Gasteiger partial charge in [-0.3, -0.25) is 9.69 Å². The van der Waals surface area contributed by atoms with Gasteiger partial charge in [0.25, 0.3) is 0 Å². The number of hydrogen-bond donors (Lipinski definition) is 1. The molecule has 0 aromatic heterocycles. The number of anilines is 1. The summed E-state index contributed by atoms with van der Waals surface area (Å²) in [5.74, 6) is -0.214. The molecule has 162 valence electrons. The van der Waals surface area contributed by atoms with Gasteiger partial charge in [-0.1, -0.05) is 11.6 Å². The van der Waals surface area contributed by atoms with Gasteiger partial charge in [0.2, 0.25) is 15.9 Å². The van der Waals surface area contributed by atoms with E-state index in [0.717, 1.165) is 25.9 Å². The molecule has 0 bridgehead atoms. The summed E-state index contributed by atoms with van der Waals surface area (Å²) < 4.78 is 32.3. The smallest absolute Gasteiger partial charge is 0.243 e. The summed E-state index contributed by atoms with van der Waals surface area (Å²) in [6, 6.07) is 4.76. The molecule has 1 N–H and O–H groups in total. The van der Waals surface area contributed by atoms with Crippen molar-refractivity contribution < 1.29 is 17.9 Å². The van der Waals surface area contributed by atoms with Gasteiger partial charge >= 0.3 is 0 Å². The number of hydrogen-bond acceptors (Lipinski definition) is 6. The van der Waals surface area contributed by atoms with Crippen LogP contribution >= 0.6 is 11.6 Å². The summed E-state index contributed by atoms with van der Waals surface area (Å²) in [6.07, 6.45) is 2.04. The molecule has 1 aromatic rings. The normalized spacial score (nSPS) is 20.1. The minimum absolute atomic E-state index is 0.114. The van der Waals surface area contributed by atoms with Crippen LogP contribution in [0.4, 0.5) is 5.69 Å². The first kappa shape index (κ1) is 22.5. The van der Waals surface area contributed by atoms with E-state index < -0.39 is 10.0 Å². The number of morpholine rings is 1. The summed E-state index contributed by atoms with van der Waals surface area (Å²) in [5, 5.41) is 3.08. The van der Waals surface area contributed by atoms with E-state index in [-0.39, 0.29) is 17.3 Å². The lowest BCUT2D eigenvalue weighted by atomic mass is 10.0. The summed E-state index contributed by atoms with van der Waals surface area (Å²) in [7, 11) is 0.387. The van der Waals surface area contributed by atoms with E-state index in [1.807, 2.05) is 11.9 Å². The van der Waals surface area contributed by atoms with Gasteiger partial charge in [-0.25, -0.2) is 8.42 Å². The molecule has 0 aliphatic carbocycles. The van der Waals surface area contributed by atoms with Crippen LogP contribution in [0.2, 0.25) is 5.02 Å². The molecule has 2 fully saturated rings. The molecule has 0 unspecified atom stereocenters. The largest absolute Gasteiger partial charge is 0.379 e. The fourth-order valence-corrected chi connectivity index (χ4v) is 5.28. The molecule has 1 aromatic carbocycles. The number of amides is 1. The number of likely N-dealkylation sites (N-methyl/N-ethyl adjacent to an activating group) is 1. The SMILES string of the molecule is CN1CCC(N(C)CC(=O)Nc2cc(S(=O)(=O)N3CCOCC3)ccc2Cl)CC1. The second-order valence-electron chi connectivity index (χ2n) is 7.66. The number of piperidine rings is 1. The van der Waals surface area contributed by atoms with Crippen LogP contribution in [0.3, 0.4) is 0 Å². The lowest BCUT2D eigenvalue weighted by Gasteiger charge is -2.34. The standard InChI is InChI=1S/C19H29ClN4O4S/c1-22-7-5-15(6-8-22)23(2)14-19(25)21-18-13-16(3-4-17(18)20)29(26,27)24-9-11-28-12-10-24/h3-4,13,15H,5-12,14H2,1-2H3,(H,21,25). The third-order valence-electron chi connectivity index (χ3n) is 5.52. The van der Waals surface area contributed by atoms with Crippen LogP contribution in [0.25, 0.3) is 0 Å². The van der Waals surface area contributed by atoms with E-state index >= 15 is 0 Å². The van der Waals surface area contributed by atoms with Gasteiger partial charge in [0, 0.05) is 19.1 Å². The number of carbonyl (C=O) groups excluding carboxylic acids is 1. The highest BCUT2D eigenvalue weighted by molar-refractivity contribution is 7.89. The Morgan fingerprint density at radius 1 is 1.24 bits per heavy atom. The summed E-state index contributed by atoms with van der Waals surface area (Å²) in [6.45, 7) is 3.64. The Hall–Kier alpha value is -1.23. The van der Waals surface area contributed by atoms with Crippen LogP contribution in [0.1, 0.15) is 12.8 Å². The molecular formula is C19H29ClN4O4S. The van der Waals surface area contributed by atoms with Gasteiger partial charge in [0.15, 0.2) is 0 Å². The molecule has 2 aliphatic heterocycles. The van der Waals surface area contributed by atoms with Crippen molar-refractivity contribution in [3.8, 4) is 0 Å². The van der Waals surface area contributed by atoms with Crippen molar-refractivity contribution in [2.24, 2.45) is 0 Å². The molecule has 0 spiro atoms. The van der Waals surface area contributed by atoms with Gasteiger partial charge in [0.1, 0.15) is 0 Å². The van der Waals surface area contributed by atoms with Crippen molar-refractivity contribution in [3.05, 3.63) is 23.2 Å². The molecule has 8 nitrogen and oxygen atoms in total. The first-order valence-corrected chi connectivity index (χ1v) is 11.7. The monoisotopic (exact) mass is 444 g/mol. The molecule has 0 atom stereocenters. The predicted octanol–water partition coefficient (Wildman–Crippen LogP) is 1.33. The molecule has 2 heterocycles. The Morgan fingerprint density at radius 3 is 2.55 bits per heavy atom. The first-order chi connectivity index (χ1) is 13.8. The first-order valence-electron chi connectivity index (χ1n) is 9.83. The number of halogens is 1. The average molecular weight is 445 g/mol. The lowest BCUT2D eigenvalue weighted by Crippen LogP contribution is -2.44. The zero-order valence-electron chi connectivity index (χ0n) is 16.9. The number of nitrogens with zero attached hydrogens (tertiary/aromatic N) is 3. The van der Waals surface area contributed by atoms with E-state index in [1.165, 1.54) is 22.5 Å². The van der Waals surface area contributed by atoms with Crippen LogP contribution in [0.5, 0.6) is 0 Å². The molecule has 2 aliphatic rings. The van der Waals surface area contributed by atoms with E-state index in [4.69, 9.17) is 16.3 Å². The minimum atomic E-state index is -3.65. The van der Waals surface area contributed by atoms with E-state index in [9.17, 15) is 13.2 Å². The number of nitrogens with one attached hydrogen (secondary N) is 1. The van der Waals surface area contributed by atoms with Crippen LogP contribution in [0, 0.1) is 0 Å². The number of sulfonamides is 1. The summed E-state index contributed by atoms with van der Waals surface area (Å²) >= 11 is 6.22. The van der Waals surface area contributed by atoms with Crippen molar-refractivity contribution >= 4 is 33.2 Å². The van der Waals surface area contributed by atoms with Gasteiger partial charge in [-0.15, -0.1) is 0 Å². The highest BCUT2D eigenvalue weighted by Crippen LogP contribution is 2.27. The van der Waals surface area contributed by atoms with Gasteiger partial charge in [-0.2, -0.15) is 4.31 Å². The maximum absolute atomic E-state index is 12.8. The molecule has 0 saturated carbocycles. The third-order valence-corrected chi connectivity index (χ3v) is 7.75. The van der Waals surface area contributed by atoms with Gasteiger partial charge < -0.3 is 15.0 Å². The van der Waals surface area contributed by atoms with Crippen molar-refractivity contribution in [2.45, 2.75) is 23.8 Å². The average Bonchev–Trinajstić information content (AvgIpc) is 2.70. The molecular weight excluding hydrogens is 416 g/mol. The van der Waals surface area contributed by atoms with Crippen molar-refractivity contribution in [1.82, 2.24) is 14.1 Å². The number of likely N-dealkylation sites (tertiary alicyclic amines) is 1. The molecule has 10 heteroatoms. The third kappa shape index (κ3) is 5.68. The number of carbonyl (C=O) groups is 1. The van der Waals surface area contributed by atoms with Crippen LogP contribution in [-0.2, 0) is 19.6 Å². The Balaban J connectivity index is 1.66. The molecule has 0 radical (unpaired) electrons. The second kappa shape index (κ2) is 9.72. The second-order valence-corrected chi connectivity index (χ2v) is 10.0. The van der Waals surface area contributed by atoms with E-state index in [2.05, 4.69) is 17.3 Å². The molecule has 1 amide bonds. The van der Waals surface area contributed by atoms with Crippen LogP contribution in [0.15, 0.2) is 23.1 Å².